The molecule has 7 heteroatoms. The second-order valence-electron chi connectivity index (χ2n) is 6.09. The molecule has 0 atom stereocenters. The lowest BCUT2D eigenvalue weighted by Gasteiger charge is -2.07. The van der Waals surface area contributed by atoms with Crippen LogP contribution in [0.5, 0.6) is 0 Å². The van der Waals surface area contributed by atoms with Gasteiger partial charge in [-0.3, -0.25) is 4.79 Å². The average molecular weight is 393 g/mol. The van der Waals surface area contributed by atoms with Crippen molar-refractivity contribution in [3.63, 3.8) is 0 Å². The van der Waals surface area contributed by atoms with E-state index in [2.05, 4.69) is 22.4 Å². The molecule has 0 unspecified atom stereocenters. The molecule has 1 amide bonds. The number of aromatic nitrogens is 1. The minimum atomic E-state index is -0.229. The summed E-state index contributed by atoms with van der Waals surface area (Å²) >= 11 is 2.62. The molecule has 0 saturated heterocycles. The van der Waals surface area contributed by atoms with Gasteiger partial charge in [0.25, 0.3) is 0 Å². The second kappa shape index (κ2) is 7.79. The highest BCUT2D eigenvalue weighted by Gasteiger charge is 2.16. The van der Waals surface area contributed by atoms with Gasteiger partial charge in [-0.2, -0.15) is 10.5 Å². The number of carbonyl (C=O) groups is 1. The molecule has 0 aliphatic carbocycles. The molecule has 1 N–H and O–H groups in total. The number of aryl methyl sites for hydroxylation is 2. The molecule has 5 nitrogen and oxygen atoms in total. The van der Waals surface area contributed by atoms with Gasteiger partial charge in [0, 0.05) is 10.3 Å². The molecule has 27 heavy (non-hydrogen) atoms. The largest absolute Gasteiger partial charge is 0.316 e. The third-order valence-corrected chi connectivity index (χ3v) is 6.26. The number of nitrogens with zero attached hydrogens (tertiary/aromatic N) is 3. The van der Waals surface area contributed by atoms with E-state index in [1.807, 2.05) is 39.0 Å². The Hall–Kier alpha value is -2.87. The number of rotatable bonds is 4. The summed E-state index contributed by atoms with van der Waals surface area (Å²) in [5, 5.41) is 23.5. The van der Waals surface area contributed by atoms with E-state index in [0.29, 0.717) is 21.2 Å². The Bertz CT molecular complexity index is 1140. The van der Waals surface area contributed by atoms with Crippen LogP contribution in [0.4, 0.5) is 5.00 Å². The second-order valence-corrected chi connectivity index (χ2v) is 8.27. The van der Waals surface area contributed by atoms with E-state index in [-0.39, 0.29) is 11.7 Å². The minimum absolute atomic E-state index is 0.111. The van der Waals surface area contributed by atoms with Crippen molar-refractivity contribution in [3.8, 4) is 12.1 Å². The van der Waals surface area contributed by atoms with E-state index < -0.39 is 0 Å². The summed E-state index contributed by atoms with van der Waals surface area (Å²) in [5.74, 6) is -0.118. The lowest BCUT2D eigenvalue weighted by molar-refractivity contribution is -0.113. The zero-order valence-electron chi connectivity index (χ0n) is 15.1. The van der Waals surface area contributed by atoms with Crippen molar-refractivity contribution in [2.24, 2.45) is 0 Å². The van der Waals surface area contributed by atoms with Crippen molar-refractivity contribution in [2.75, 3.05) is 11.1 Å². The van der Waals surface area contributed by atoms with Crippen molar-refractivity contribution < 1.29 is 4.79 Å². The van der Waals surface area contributed by atoms with Crippen LogP contribution in [-0.4, -0.2) is 16.6 Å². The molecule has 2 heterocycles. The highest BCUT2D eigenvalue weighted by molar-refractivity contribution is 8.00. The van der Waals surface area contributed by atoms with Crippen LogP contribution in [0.25, 0.3) is 10.9 Å². The highest BCUT2D eigenvalue weighted by Crippen LogP contribution is 2.32. The van der Waals surface area contributed by atoms with Crippen LogP contribution < -0.4 is 5.32 Å². The lowest BCUT2D eigenvalue weighted by Crippen LogP contribution is -2.14. The molecule has 0 radical (unpaired) electrons. The number of thiophene rings is 1. The molecule has 0 spiro atoms. The number of anilines is 1. The number of pyridine rings is 1. The quantitative estimate of drug-likeness (QED) is 0.650. The lowest BCUT2D eigenvalue weighted by atomic mass is 10.1. The number of nitrogens with one attached hydrogen (secondary N) is 1. The van der Waals surface area contributed by atoms with Crippen LogP contribution in [0, 0.1) is 43.4 Å². The normalized spacial score (nSPS) is 10.4. The maximum atomic E-state index is 12.3. The number of nitriles is 2. The number of thioether (sulfide) groups is 1. The van der Waals surface area contributed by atoms with Crippen molar-refractivity contribution in [1.82, 2.24) is 4.98 Å². The Balaban J connectivity index is 1.78. The van der Waals surface area contributed by atoms with Crippen molar-refractivity contribution in [1.29, 1.82) is 10.5 Å². The maximum Gasteiger partial charge on any atom is 0.235 e. The smallest absolute Gasteiger partial charge is 0.235 e. The predicted molar refractivity (Wildman–Crippen MR) is 109 cm³/mol. The number of carbonyl (C=O) groups excluding carboxylic acids is 1. The summed E-state index contributed by atoms with van der Waals surface area (Å²) < 4.78 is 0. The van der Waals surface area contributed by atoms with E-state index in [1.165, 1.54) is 23.1 Å². The first kappa shape index (κ1) is 18.9. The molecule has 0 aliphatic heterocycles. The standard InChI is InChI=1S/C20H16N4OS2/c1-11-4-5-14-7-15(8-21)19(23-17(14)6-11)26-10-18(25)24-20-16(9-22)12(2)13(3)27-20/h4-7H,10H2,1-3H3,(H,24,25). The van der Waals surface area contributed by atoms with Crippen LogP contribution in [-0.2, 0) is 4.79 Å². The summed E-state index contributed by atoms with van der Waals surface area (Å²) in [5.41, 5.74) is 3.73. The van der Waals surface area contributed by atoms with Crippen molar-refractivity contribution in [3.05, 3.63) is 51.4 Å². The third kappa shape index (κ3) is 3.95. The van der Waals surface area contributed by atoms with Gasteiger partial charge in [0.05, 0.1) is 22.4 Å². The van der Waals surface area contributed by atoms with E-state index in [4.69, 9.17) is 0 Å². The molecular formula is C20H16N4OS2. The molecule has 134 valence electrons. The highest BCUT2D eigenvalue weighted by atomic mass is 32.2. The Morgan fingerprint density at radius 3 is 2.70 bits per heavy atom. The van der Waals surface area contributed by atoms with Gasteiger partial charge in [0.15, 0.2) is 0 Å². The van der Waals surface area contributed by atoms with Gasteiger partial charge in [0.2, 0.25) is 5.91 Å². The minimum Gasteiger partial charge on any atom is -0.316 e. The number of amides is 1. The van der Waals surface area contributed by atoms with Gasteiger partial charge in [0.1, 0.15) is 22.2 Å². The summed E-state index contributed by atoms with van der Waals surface area (Å²) in [4.78, 5) is 17.9. The summed E-state index contributed by atoms with van der Waals surface area (Å²) in [6.07, 6.45) is 0. The molecule has 0 bridgehead atoms. The Kier molecular flexibility index (Phi) is 5.46. The Morgan fingerprint density at radius 2 is 2.00 bits per heavy atom. The zero-order chi connectivity index (χ0) is 19.6. The van der Waals surface area contributed by atoms with Crippen molar-refractivity contribution >= 4 is 44.9 Å². The van der Waals surface area contributed by atoms with Gasteiger partial charge in [-0.15, -0.1) is 11.3 Å². The van der Waals surface area contributed by atoms with Crippen molar-refractivity contribution in [2.45, 2.75) is 25.8 Å². The van der Waals surface area contributed by atoms with E-state index in [0.717, 1.165) is 26.9 Å². The summed E-state index contributed by atoms with van der Waals surface area (Å²) in [6, 6.07) is 11.9. The van der Waals surface area contributed by atoms with E-state index in [9.17, 15) is 15.3 Å². The maximum absolute atomic E-state index is 12.3. The zero-order valence-corrected chi connectivity index (χ0v) is 16.7. The molecule has 3 aromatic rings. The number of fused-ring (bicyclic) bond motifs is 1. The van der Waals surface area contributed by atoms with Gasteiger partial charge in [-0.25, -0.2) is 4.98 Å². The first-order valence-corrected chi connectivity index (χ1v) is 9.97. The monoisotopic (exact) mass is 392 g/mol. The fourth-order valence-electron chi connectivity index (χ4n) is 2.60. The summed E-state index contributed by atoms with van der Waals surface area (Å²) in [6.45, 7) is 5.78. The van der Waals surface area contributed by atoms with Gasteiger partial charge in [-0.1, -0.05) is 23.9 Å². The van der Waals surface area contributed by atoms with Crippen LogP contribution in [0.15, 0.2) is 29.3 Å². The molecule has 0 saturated carbocycles. The predicted octanol–water partition coefficient (Wildman–Crippen LogP) is 4.70. The Labute approximate surface area is 165 Å². The number of hydrogen-bond acceptors (Lipinski definition) is 6. The van der Waals surface area contributed by atoms with Gasteiger partial charge < -0.3 is 5.32 Å². The van der Waals surface area contributed by atoms with Gasteiger partial charge in [-0.05, 0) is 44.0 Å². The van der Waals surface area contributed by atoms with Crippen LogP contribution >= 0.6 is 23.1 Å². The topological polar surface area (TPSA) is 89.6 Å². The molecule has 1 aromatic carbocycles. The molecule has 0 aliphatic rings. The van der Waals surface area contributed by atoms with E-state index in [1.54, 1.807) is 6.07 Å². The van der Waals surface area contributed by atoms with Crippen LogP contribution in [0.3, 0.4) is 0 Å². The molecule has 3 rings (SSSR count). The fraction of sp³-hybridized carbons (Fsp3) is 0.200. The van der Waals surface area contributed by atoms with E-state index >= 15 is 0 Å². The molecular weight excluding hydrogens is 376 g/mol. The first-order valence-electron chi connectivity index (χ1n) is 8.17. The summed E-state index contributed by atoms with van der Waals surface area (Å²) in [7, 11) is 0. The first-order chi connectivity index (χ1) is 12.9. The Morgan fingerprint density at radius 1 is 1.22 bits per heavy atom. The SMILES string of the molecule is Cc1ccc2cc(C#N)c(SCC(=O)Nc3sc(C)c(C)c3C#N)nc2c1. The van der Waals surface area contributed by atoms with Gasteiger partial charge >= 0.3 is 0 Å². The molecule has 2 aromatic heterocycles. The third-order valence-electron chi connectivity index (χ3n) is 4.15. The number of hydrogen-bond donors (Lipinski definition) is 1. The van der Waals surface area contributed by atoms with Crippen LogP contribution in [0.2, 0.25) is 0 Å². The molecule has 0 fully saturated rings. The number of benzene rings is 1. The average Bonchev–Trinajstić information content (AvgIpc) is 2.91. The fourth-order valence-corrected chi connectivity index (χ4v) is 4.39. The van der Waals surface area contributed by atoms with Crippen LogP contribution in [0.1, 0.15) is 27.1 Å².